The Morgan fingerprint density at radius 1 is 1.47 bits per heavy atom. The second kappa shape index (κ2) is 8.29. The summed E-state index contributed by atoms with van der Waals surface area (Å²) in [4.78, 5) is 13.1. The summed E-state index contributed by atoms with van der Waals surface area (Å²) in [7, 11) is -0.496. The monoisotopic (exact) mass is 288 g/mol. The predicted molar refractivity (Wildman–Crippen MR) is 68.5 cm³/mol. The van der Waals surface area contributed by atoms with Crippen molar-refractivity contribution in [2.45, 2.75) is 6.42 Å². The Hall–Kier alpha value is -1.85. The normalized spacial score (nSPS) is 12.2. The standard InChI is InChI=1S/C11H16N2O5S/c1-13(2)6-3-5-10(9-12)11(14)18-7-4-8-19(15,16)17/h3,5-6H,4,7-8H2,1-2H3,(H,15,16,17). The zero-order valence-corrected chi connectivity index (χ0v) is 11.6. The van der Waals surface area contributed by atoms with Crippen molar-refractivity contribution in [1.82, 2.24) is 4.90 Å². The molecule has 0 unspecified atom stereocenters. The Morgan fingerprint density at radius 3 is 2.58 bits per heavy atom. The number of nitriles is 1. The van der Waals surface area contributed by atoms with Crippen molar-refractivity contribution < 1.29 is 22.5 Å². The maximum Gasteiger partial charge on any atom is 0.348 e. The van der Waals surface area contributed by atoms with Crippen molar-refractivity contribution in [3.63, 3.8) is 0 Å². The van der Waals surface area contributed by atoms with Gasteiger partial charge in [-0.15, -0.1) is 0 Å². The summed E-state index contributed by atoms with van der Waals surface area (Å²) in [6.07, 6.45) is 4.42. The number of rotatable bonds is 7. The number of hydrogen-bond donors (Lipinski definition) is 1. The van der Waals surface area contributed by atoms with E-state index in [0.29, 0.717) is 0 Å². The Kier molecular flexibility index (Phi) is 7.48. The van der Waals surface area contributed by atoms with Crippen molar-refractivity contribution in [3.05, 3.63) is 23.9 Å². The van der Waals surface area contributed by atoms with Gasteiger partial charge < -0.3 is 9.64 Å². The summed E-state index contributed by atoms with van der Waals surface area (Å²) in [6.45, 7) is -0.185. The van der Waals surface area contributed by atoms with Crippen LogP contribution in [0, 0.1) is 11.3 Å². The molecule has 0 saturated heterocycles. The minimum atomic E-state index is -4.06. The Labute approximate surface area is 112 Å². The molecule has 0 atom stereocenters. The molecule has 0 heterocycles. The molecular weight excluding hydrogens is 272 g/mol. The van der Waals surface area contributed by atoms with Crippen LogP contribution in [-0.2, 0) is 19.6 Å². The topological polar surface area (TPSA) is 108 Å². The number of carbonyl (C=O) groups excluding carboxylic acids is 1. The van der Waals surface area contributed by atoms with E-state index in [1.165, 1.54) is 12.2 Å². The molecule has 19 heavy (non-hydrogen) atoms. The number of allylic oxidation sites excluding steroid dienone is 2. The highest BCUT2D eigenvalue weighted by molar-refractivity contribution is 7.85. The van der Waals surface area contributed by atoms with Gasteiger partial charge in [0.15, 0.2) is 0 Å². The maximum absolute atomic E-state index is 11.4. The van der Waals surface area contributed by atoms with Gasteiger partial charge in [-0.2, -0.15) is 13.7 Å². The van der Waals surface area contributed by atoms with Crippen molar-refractivity contribution in [1.29, 1.82) is 5.26 Å². The fourth-order valence-corrected chi connectivity index (χ4v) is 1.43. The first-order valence-electron chi connectivity index (χ1n) is 5.33. The Morgan fingerprint density at radius 2 is 2.11 bits per heavy atom. The average Bonchev–Trinajstić information content (AvgIpc) is 2.28. The molecule has 0 aromatic carbocycles. The molecule has 0 fully saturated rings. The first kappa shape index (κ1) is 17.2. The molecule has 0 aromatic heterocycles. The number of carbonyl (C=O) groups is 1. The van der Waals surface area contributed by atoms with E-state index in [1.54, 1.807) is 31.3 Å². The van der Waals surface area contributed by atoms with Crippen molar-refractivity contribution in [2.24, 2.45) is 0 Å². The lowest BCUT2D eigenvalue weighted by Gasteiger charge is -2.03. The minimum Gasteiger partial charge on any atom is -0.462 e. The van der Waals surface area contributed by atoms with Crippen LogP contribution < -0.4 is 0 Å². The second-order valence-corrected chi connectivity index (χ2v) is 5.34. The largest absolute Gasteiger partial charge is 0.462 e. The molecule has 0 aliphatic rings. The van der Waals surface area contributed by atoms with E-state index < -0.39 is 21.8 Å². The van der Waals surface area contributed by atoms with Crippen LogP contribution in [0.15, 0.2) is 23.9 Å². The van der Waals surface area contributed by atoms with Gasteiger partial charge in [0.1, 0.15) is 11.6 Å². The lowest BCUT2D eigenvalue weighted by Crippen LogP contribution is -2.12. The molecule has 0 radical (unpaired) electrons. The highest BCUT2D eigenvalue weighted by Crippen LogP contribution is 1.99. The molecule has 8 heteroatoms. The SMILES string of the molecule is CN(C)C=CC=C(C#N)C(=O)OCCCS(=O)(=O)O. The van der Waals surface area contributed by atoms with Crippen LogP contribution in [0.1, 0.15) is 6.42 Å². The second-order valence-electron chi connectivity index (χ2n) is 3.77. The lowest BCUT2D eigenvalue weighted by atomic mass is 10.3. The van der Waals surface area contributed by atoms with Gasteiger partial charge in [0.05, 0.1) is 12.4 Å². The van der Waals surface area contributed by atoms with Crippen LogP contribution in [0.5, 0.6) is 0 Å². The fraction of sp³-hybridized carbons (Fsp3) is 0.455. The predicted octanol–water partition coefficient (Wildman–Crippen LogP) is 0.333. The molecule has 106 valence electrons. The molecule has 0 rings (SSSR count). The number of esters is 1. The van der Waals surface area contributed by atoms with Gasteiger partial charge in [-0.3, -0.25) is 4.55 Å². The van der Waals surface area contributed by atoms with E-state index >= 15 is 0 Å². The highest BCUT2D eigenvalue weighted by Gasteiger charge is 2.10. The summed E-state index contributed by atoms with van der Waals surface area (Å²) in [6, 6.07) is 1.68. The third-order valence-electron chi connectivity index (χ3n) is 1.77. The van der Waals surface area contributed by atoms with E-state index in [2.05, 4.69) is 0 Å². The maximum atomic E-state index is 11.4. The van der Waals surface area contributed by atoms with E-state index in [1.807, 2.05) is 0 Å². The van der Waals surface area contributed by atoms with Gasteiger partial charge in [0.25, 0.3) is 10.1 Å². The molecule has 0 bridgehead atoms. The molecule has 1 N–H and O–H groups in total. The molecular formula is C11H16N2O5S. The Balaban J connectivity index is 4.28. The van der Waals surface area contributed by atoms with Crippen molar-refractivity contribution >= 4 is 16.1 Å². The van der Waals surface area contributed by atoms with Crippen LogP contribution in [-0.4, -0.2) is 50.3 Å². The van der Waals surface area contributed by atoms with E-state index in [9.17, 15) is 13.2 Å². The van der Waals surface area contributed by atoms with Crippen LogP contribution in [0.4, 0.5) is 0 Å². The van der Waals surface area contributed by atoms with E-state index in [-0.39, 0.29) is 18.6 Å². The zero-order valence-electron chi connectivity index (χ0n) is 10.7. The fourth-order valence-electron chi connectivity index (χ4n) is 0.946. The third-order valence-corrected chi connectivity index (χ3v) is 2.57. The van der Waals surface area contributed by atoms with E-state index in [0.717, 1.165) is 0 Å². The third kappa shape index (κ3) is 9.82. The van der Waals surface area contributed by atoms with Crippen LogP contribution in [0.2, 0.25) is 0 Å². The van der Waals surface area contributed by atoms with Gasteiger partial charge in [-0.05, 0) is 24.8 Å². The van der Waals surface area contributed by atoms with Crippen LogP contribution in [0.3, 0.4) is 0 Å². The number of ether oxygens (including phenoxy) is 1. The highest BCUT2D eigenvalue weighted by atomic mass is 32.2. The smallest absolute Gasteiger partial charge is 0.348 e. The van der Waals surface area contributed by atoms with Crippen LogP contribution >= 0.6 is 0 Å². The summed E-state index contributed by atoms with van der Waals surface area (Å²) >= 11 is 0. The molecule has 0 aliphatic carbocycles. The lowest BCUT2D eigenvalue weighted by molar-refractivity contribution is -0.138. The molecule has 0 amide bonds. The summed E-state index contributed by atoms with van der Waals surface area (Å²) < 4.78 is 34.0. The Bertz CT molecular complexity index is 500. The van der Waals surface area contributed by atoms with Gasteiger partial charge in [-0.1, -0.05) is 0 Å². The molecule has 0 saturated carbocycles. The van der Waals surface area contributed by atoms with Gasteiger partial charge in [-0.25, -0.2) is 4.79 Å². The van der Waals surface area contributed by atoms with Gasteiger partial charge >= 0.3 is 5.97 Å². The number of nitrogens with zero attached hydrogens (tertiary/aromatic N) is 2. The first-order valence-corrected chi connectivity index (χ1v) is 6.94. The molecule has 0 aromatic rings. The summed E-state index contributed by atoms with van der Waals surface area (Å²) in [5.41, 5.74) is -0.190. The van der Waals surface area contributed by atoms with Crippen molar-refractivity contribution in [2.75, 3.05) is 26.5 Å². The summed E-state index contributed by atoms with van der Waals surface area (Å²) in [5.74, 6) is -1.33. The quantitative estimate of drug-likeness (QED) is 0.180. The summed E-state index contributed by atoms with van der Waals surface area (Å²) in [5, 5.41) is 8.74. The molecule has 0 aliphatic heterocycles. The number of hydrogen-bond acceptors (Lipinski definition) is 6. The first-order chi connectivity index (χ1) is 8.76. The minimum absolute atomic E-state index is 0.0309. The average molecular weight is 288 g/mol. The van der Waals surface area contributed by atoms with Crippen molar-refractivity contribution in [3.8, 4) is 6.07 Å². The zero-order chi connectivity index (χ0) is 14.9. The molecule has 0 spiro atoms. The van der Waals surface area contributed by atoms with E-state index in [4.69, 9.17) is 14.6 Å². The molecule has 7 nitrogen and oxygen atoms in total. The van der Waals surface area contributed by atoms with Gasteiger partial charge in [0.2, 0.25) is 0 Å². The van der Waals surface area contributed by atoms with Crippen LogP contribution in [0.25, 0.3) is 0 Å². The van der Waals surface area contributed by atoms with Gasteiger partial charge in [0, 0.05) is 14.1 Å².